The summed E-state index contributed by atoms with van der Waals surface area (Å²) in [5, 5.41) is 9.49. The molecule has 0 spiro atoms. The minimum absolute atomic E-state index is 0.180. The van der Waals surface area contributed by atoms with Crippen LogP contribution in [0.15, 0.2) is 24.5 Å². The summed E-state index contributed by atoms with van der Waals surface area (Å²) in [5.74, 6) is 0. The number of fused-ring (bicyclic) bond motifs is 5. The van der Waals surface area contributed by atoms with Crippen LogP contribution in [0.2, 0.25) is 0 Å². The molecular formula is C18H15F3N4S. The van der Waals surface area contributed by atoms with Crippen molar-refractivity contribution in [3.63, 3.8) is 0 Å². The van der Waals surface area contributed by atoms with E-state index in [0.29, 0.717) is 11.9 Å². The van der Waals surface area contributed by atoms with Crippen LogP contribution < -0.4 is 5.73 Å². The lowest BCUT2D eigenvalue weighted by Crippen LogP contribution is -2.25. The summed E-state index contributed by atoms with van der Waals surface area (Å²) in [6, 6.07) is 3.68. The molecule has 0 bridgehead atoms. The topological polar surface area (TPSA) is 75.7 Å². The van der Waals surface area contributed by atoms with Crippen LogP contribution in [0.4, 0.5) is 13.2 Å². The Labute approximate surface area is 151 Å². The molecule has 0 saturated heterocycles. The van der Waals surface area contributed by atoms with Crippen molar-refractivity contribution in [1.29, 1.82) is 5.41 Å². The molecule has 4 nitrogen and oxygen atoms in total. The van der Waals surface area contributed by atoms with Crippen molar-refractivity contribution in [3.8, 4) is 0 Å². The molecule has 2 aromatic heterocycles. The molecule has 0 unspecified atom stereocenters. The van der Waals surface area contributed by atoms with Gasteiger partial charge in [0.25, 0.3) is 0 Å². The number of hydrogen-bond acceptors (Lipinski definition) is 5. The van der Waals surface area contributed by atoms with Crippen molar-refractivity contribution in [3.05, 3.63) is 41.4 Å². The van der Waals surface area contributed by atoms with Crippen molar-refractivity contribution in [2.75, 3.05) is 0 Å². The van der Waals surface area contributed by atoms with E-state index in [4.69, 9.17) is 11.1 Å². The fourth-order valence-corrected chi connectivity index (χ4v) is 4.28. The van der Waals surface area contributed by atoms with Gasteiger partial charge in [-0.3, -0.25) is 5.41 Å². The summed E-state index contributed by atoms with van der Waals surface area (Å²) in [5.41, 5.74) is 6.26. The van der Waals surface area contributed by atoms with Gasteiger partial charge < -0.3 is 5.73 Å². The van der Waals surface area contributed by atoms with Crippen LogP contribution in [-0.2, 0) is 12.8 Å². The summed E-state index contributed by atoms with van der Waals surface area (Å²) < 4.78 is 44.6. The Hall–Kier alpha value is -2.48. The van der Waals surface area contributed by atoms with Gasteiger partial charge in [0.1, 0.15) is 5.71 Å². The van der Waals surface area contributed by atoms with E-state index in [2.05, 4.69) is 9.36 Å². The zero-order valence-corrected chi connectivity index (χ0v) is 14.5. The molecule has 4 rings (SSSR count). The summed E-state index contributed by atoms with van der Waals surface area (Å²) in [6.07, 6.45) is 1.11. The Balaban J connectivity index is 2.05. The Bertz CT molecular complexity index is 1070. The number of pyridine rings is 1. The SMILES string of the molecule is N=C(/C(=C\N)c1nc2ccc3sncc3c2c2c1CCCC2)C(F)(F)F. The second-order valence-electron chi connectivity index (χ2n) is 6.28. The predicted octanol–water partition coefficient (Wildman–Crippen LogP) is 4.60. The molecule has 0 aliphatic heterocycles. The summed E-state index contributed by atoms with van der Waals surface area (Å²) in [7, 11) is 0. The van der Waals surface area contributed by atoms with Gasteiger partial charge in [-0.05, 0) is 60.5 Å². The zero-order chi connectivity index (χ0) is 18.5. The number of aryl methyl sites for hydroxylation is 1. The number of nitrogens with one attached hydrogen (secondary N) is 1. The summed E-state index contributed by atoms with van der Waals surface area (Å²) in [4.78, 5) is 4.51. The Morgan fingerprint density at radius 3 is 2.62 bits per heavy atom. The second-order valence-corrected chi connectivity index (χ2v) is 7.11. The number of alkyl halides is 3. The number of hydrogen-bond donors (Lipinski definition) is 2. The molecule has 134 valence electrons. The molecule has 3 N–H and O–H groups in total. The average Bonchev–Trinajstić information content (AvgIpc) is 3.10. The van der Waals surface area contributed by atoms with E-state index in [1.54, 1.807) is 12.3 Å². The highest BCUT2D eigenvalue weighted by atomic mass is 32.1. The highest BCUT2D eigenvalue weighted by Crippen LogP contribution is 2.38. The van der Waals surface area contributed by atoms with Crippen LogP contribution in [0.5, 0.6) is 0 Å². The summed E-state index contributed by atoms with van der Waals surface area (Å²) >= 11 is 1.38. The molecule has 1 aromatic carbocycles. The van der Waals surface area contributed by atoms with E-state index in [9.17, 15) is 13.2 Å². The number of aromatic nitrogens is 2. The van der Waals surface area contributed by atoms with Gasteiger partial charge >= 0.3 is 6.18 Å². The van der Waals surface area contributed by atoms with Crippen molar-refractivity contribution in [2.24, 2.45) is 5.73 Å². The van der Waals surface area contributed by atoms with Crippen molar-refractivity contribution >= 4 is 43.8 Å². The fraction of sp³-hybridized carbons (Fsp3) is 0.278. The van der Waals surface area contributed by atoms with Gasteiger partial charge in [-0.25, -0.2) is 4.98 Å². The first kappa shape index (κ1) is 17.0. The van der Waals surface area contributed by atoms with E-state index >= 15 is 0 Å². The van der Waals surface area contributed by atoms with E-state index in [1.165, 1.54) is 11.5 Å². The average molecular weight is 376 g/mol. The molecule has 2 heterocycles. The first-order valence-corrected chi connectivity index (χ1v) is 8.96. The molecule has 0 atom stereocenters. The number of halogens is 3. The lowest BCUT2D eigenvalue weighted by molar-refractivity contribution is -0.0578. The maximum atomic E-state index is 13.1. The summed E-state index contributed by atoms with van der Waals surface area (Å²) in [6.45, 7) is 0. The maximum Gasteiger partial charge on any atom is 0.433 e. The third kappa shape index (κ3) is 2.56. The molecule has 26 heavy (non-hydrogen) atoms. The third-order valence-electron chi connectivity index (χ3n) is 4.78. The van der Waals surface area contributed by atoms with E-state index < -0.39 is 11.9 Å². The van der Waals surface area contributed by atoms with Gasteiger partial charge in [0.15, 0.2) is 0 Å². The van der Waals surface area contributed by atoms with E-state index in [0.717, 1.165) is 52.1 Å². The van der Waals surface area contributed by atoms with Gasteiger partial charge in [0, 0.05) is 28.7 Å². The Kier molecular flexibility index (Phi) is 3.95. The Morgan fingerprint density at radius 2 is 1.92 bits per heavy atom. The molecular weight excluding hydrogens is 361 g/mol. The minimum atomic E-state index is -4.77. The number of nitrogens with two attached hydrogens (primary N) is 1. The highest BCUT2D eigenvalue weighted by Gasteiger charge is 2.38. The van der Waals surface area contributed by atoms with Gasteiger partial charge in [-0.1, -0.05) is 0 Å². The molecule has 0 saturated carbocycles. The van der Waals surface area contributed by atoms with Crippen LogP contribution >= 0.6 is 11.5 Å². The smallest absolute Gasteiger partial charge is 0.404 e. The maximum absolute atomic E-state index is 13.1. The van der Waals surface area contributed by atoms with Gasteiger partial charge in [-0.15, -0.1) is 0 Å². The standard InChI is InChI=1S/C18H15F3N4S/c19-18(20,21)17(23)11(7-22)16-10-4-2-1-3-9(10)15-12-8-24-26-14(12)6-5-13(15)25-16/h5-8,23H,1-4,22H2/b11-7-,23-17?. The third-order valence-corrected chi connectivity index (χ3v) is 5.54. The molecule has 1 aliphatic rings. The van der Waals surface area contributed by atoms with E-state index in [-0.39, 0.29) is 11.3 Å². The van der Waals surface area contributed by atoms with Gasteiger partial charge in [0.2, 0.25) is 0 Å². The van der Waals surface area contributed by atoms with Crippen LogP contribution in [0.3, 0.4) is 0 Å². The quantitative estimate of drug-likeness (QED) is 0.642. The minimum Gasteiger partial charge on any atom is -0.404 e. The highest BCUT2D eigenvalue weighted by molar-refractivity contribution is 7.13. The molecule has 8 heteroatoms. The molecule has 3 aromatic rings. The normalized spacial score (nSPS) is 15.4. The Morgan fingerprint density at radius 1 is 1.19 bits per heavy atom. The zero-order valence-electron chi connectivity index (χ0n) is 13.7. The van der Waals surface area contributed by atoms with Crippen molar-refractivity contribution in [2.45, 2.75) is 31.9 Å². The van der Waals surface area contributed by atoms with Crippen molar-refractivity contribution < 1.29 is 13.2 Å². The monoisotopic (exact) mass is 376 g/mol. The van der Waals surface area contributed by atoms with Gasteiger partial charge in [-0.2, -0.15) is 17.5 Å². The number of benzene rings is 1. The fourth-order valence-electron chi connectivity index (χ4n) is 3.63. The van der Waals surface area contributed by atoms with Gasteiger partial charge in [0.05, 0.1) is 15.9 Å². The first-order valence-electron chi connectivity index (χ1n) is 8.19. The number of allylic oxidation sites excluding steroid dienone is 1. The molecule has 0 radical (unpaired) electrons. The lowest BCUT2D eigenvalue weighted by atomic mass is 9.85. The van der Waals surface area contributed by atoms with Crippen LogP contribution in [-0.4, -0.2) is 21.2 Å². The molecule has 0 amide bonds. The first-order chi connectivity index (χ1) is 12.4. The number of rotatable bonds is 2. The lowest BCUT2D eigenvalue weighted by Gasteiger charge is -2.23. The van der Waals surface area contributed by atoms with Crippen molar-refractivity contribution in [1.82, 2.24) is 9.36 Å². The van der Waals surface area contributed by atoms with Crippen LogP contribution in [0.25, 0.3) is 26.6 Å². The number of nitrogens with zero attached hydrogens (tertiary/aromatic N) is 2. The predicted molar refractivity (Wildman–Crippen MR) is 97.5 cm³/mol. The largest absolute Gasteiger partial charge is 0.433 e. The van der Waals surface area contributed by atoms with Crippen LogP contribution in [0, 0.1) is 5.41 Å². The van der Waals surface area contributed by atoms with Crippen LogP contribution in [0.1, 0.15) is 29.7 Å². The van der Waals surface area contributed by atoms with E-state index in [1.807, 2.05) is 6.07 Å². The second kappa shape index (κ2) is 6.05. The molecule has 0 fully saturated rings. The molecule has 1 aliphatic carbocycles.